The number of aromatic hydroxyl groups is 1. The summed E-state index contributed by atoms with van der Waals surface area (Å²) in [6.07, 6.45) is 0.956. The van der Waals surface area contributed by atoms with Gasteiger partial charge in [0, 0.05) is 41.7 Å². The second-order valence-electron chi connectivity index (χ2n) is 11.9. The monoisotopic (exact) mass is 582 g/mol. The van der Waals surface area contributed by atoms with Crippen LogP contribution < -0.4 is 15.0 Å². The number of halogens is 4. The summed E-state index contributed by atoms with van der Waals surface area (Å²) in [4.78, 5) is 13.3. The Labute approximate surface area is 239 Å². The molecule has 7 rings (SSSR count). The molecule has 220 valence electrons. The Kier molecular flexibility index (Phi) is 6.44. The lowest BCUT2D eigenvalue weighted by Gasteiger charge is -2.35. The Balaban J connectivity index is 1.42. The van der Waals surface area contributed by atoms with Gasteiger partial charge in [-0.1, -0.05) is 12.1 Å². The molecule has 0 amide bonds. The first kappa shape index (κ1) is 27.2. The highest BCUT2D eigenvalue weighted by molar-refractivity contribution is 5.96. The second-order valence-corrected chi connectivity index (χ2v) is 11.9. The zero-order chi connectivity index (χ0) is 29.2. The highest BCUT2D eigenvalue weighted by atomic mass is 19.4. The van der Waals surface area contributed by atoms with Crippen LogP contribution in [0.5, 0.6) is 11.8 Å². The van der Waals surface area contributed by atoms with E-state index in [0.29, 0.717) is 19.7 Å². The molecule has 8 nitrogen and oxygen atoms in total. The fraction of sp³-hybridized carbons (Fsp3) is 0.500. The Morgan fingerprint density at radius 3 is 2.50 bits per heavy atom. The van der Waals surface area contributed by atoms with Crippen molar-refractivity contribution in [3.8, 4) is 29.0 Å². The molecule has 0 radical (unpaired) electrons. The molecule has 4 aliphatic heterocycles. The van der Waals surface area contributed by atoms with E-state index in [4.69, 9.17) is 4.74 Å². The number of nitriles is 1. The highest BCUT2D eigenvalue weighted by Gasteiger charge is 2.45. The van der Waals surface area contributed by atoms with Crippen molar-refractivity contribution in [3.05, 3.63) is 41.2 Å². The highest BCUT2D eigenvalue weighted by Crippen LogP contribution is 2.46. The fourth-order valence-corrected chi connectivity index (χ4v) is 7.48. The van der Waals surface area contributed by atoms with Gasteiger partial charge in [0.25, 0.3) is 0 Å². The standard InChI is InChI=1S/C30H30F4N6O2/c31-25-24(19-4-1-5-23(41)21(19)13-35)22(30(32,33)34)12-20-26(25)37-28(42-16-29-8-2-10-40(29)11-3-9-29)38-27(20)39-14-17-6-7-18(15-39)36-17/h1,4-5,12,17-18,36,41H,2-3,6-11,14-16H2. The number of rotatable bonds is 5. The number of aromatic nitrogens is 2. The molecule has 2 bridgehead atoms. The van der Waals surface area contributed by atoms with E-state index >= 15 is 4.39 Å². The zero-order valence-electron chi connectivity index (χ0n) is 22.8. The van der Waals surface area contributed by atoms with Gasteiger partial charge in [0.2, 0.25) is 0 Å². The van der Waals surface area contributed by atoms with Gasteiger partial charge in [-0.15, -0.1) is 0 Å². The molecule has 4 fully saturated rings. The summed E-state index contributed by atoms with van der Waals surface area (Å²) in [6.45, 7) is 3.30. The Hall–Kier alpha value is -3.69. The predicted octanol–water partition coefficient (Wildman–Crippen LogP) is 4.98. The molecule has 0 saturated carbocycles. The first-order chi connectivity index (χ1) is 20.2. The molecule has 5 heterocycles. The maximum absolute atomic E-state index is 16.6. The summed E-state index contributed by atoms with van der Waals surface area (Å²) < 4.78 is 66.5. The Morgan fingerprint density at radius 2 is 1.83 bits per heavy atom. The van der Waals surface area contributed by atoms with Crippen molar-refractivity contribution in [1.82, 2.24) is 20.2 Å². The Morgan fingerprint density at radius 1 is 1.12 bits per heavy atom. The molecule has 2 atom stereocenters. The number of ether oxygens (including phenoxy) is 1. The third kappa shape index (κ3) is 4.41. The number of phenols is 1. The average molecular weight is 583 g/mol. The molecule has 2 unspecified atom stereocenters. The number of anilines is 1. The molecule has 1 aromatic heterocycles. The van der Waals surface area contributed by atoms with Crippen molar-refractivity contribution in [2.45, 2.75) is 62.3 Å². The number of benzene rings is 2. The van der Waals surface area contributed by atoms with Crippen molar-refractivity contribution in [1.29, 1.82) is 5.26 Å². The first-order valence-corrected chi connectivity index (χ1v) is 14.4. The first-order valence-electron chi connectivity index (χ1n) is 14.4. The fourth-order valence-electron chi connectivity index (χ4n) is 7.48. The van der Waals surface area contributed by atoms with Crippen LogP contribution in [0.15, 0.2) is 24.3 Å². The van der Waals surface area contributed by atoms with E-state index < -0.39 is 34.4 Å². The van der Waals surface area contributed by atoms with E-state index in [9.17, 15) is 23.5 Å². The maximum Gasteiger partial charge on any atom is 0.417 e. The van der Waals surface area contributed by atoms with Crippen molar-refractivity contribution in [2.24, 2.45) is 0 Å². The molecule has 2 aromatic carbocycles. The van der Waals surface area contributed by atoms with Gasteiger partial charge in [0.1, 0.15) is 35.3 Å². The smallest absolute Gasteiger partial charge is 0.417 e. The van der Waals surface area contributed by atoms with Gasteiger partial charge in [-0.2, -0.15) is 28.4 Å². The van der Waals surface area contributed by atoms with Gasteiger partial charge in [0.15, 0.2) is 5.82 Å². The third-order valence-corrected chi connectivity index (χ3v) is 9.42. The lowest BCUT2D eigenvalue weighted by molar-refractivity contribution is -0.137. The van der Waals surface area contributed by atoms with Crippen LogP contribution in [0.1, 0.15) is 49.7 Å². The van der Waals surface area contributed by atoms with Crippen molar-refractivity contribution >= 4 is 16.7 Å². The van der Waals surface area contributed by atoms with Crippen LogP contribution in [0.4, 0.5) is 23.4 Å². The lowest BCUT2D eigenvalue weighted by atomic mass is 9.92. The predicted molar refractivity (Wildman–Crippen MR) is 147 cm³/mol. The summed E-state index contributed by atoms with van der Waals surface area (Å²) in [6, 6.07) is 6.45. The van der Waals surface area contributed by atoms with Gasteiger partial charge in [-0.25, -0.2) is 4.39 Å². The lowest BCUT2D eigenvalue weighted by Crippen LogP contribution is -2.51. The third-order valence-electron chi connectivity index (χ3n) is 9.42. The van der Waals surface area contributed by atoms with Gasteiger partial charge in [-0.3, -0.25) is 4.90 Å². The van der Waals surface area contributed by atoms with Crippen LogP contribution in [-0.2, 0) is 6.18 Å². The van der Waals surface area contributed by atoms with Crippen molar-refractivity contribution in [3.63, 3.8) is 0 Å². The molecule has 2 N–H and O–H groups in total. The number of piperazine rings is 1. The minimum Gasteiger partial charge on any atom is -0.507 e. The molecule has 4 saturated heterocycles. The molecule has 42 heavy (non-hydrogen) atoms. The summed E-state index contributed by atoms with van der Waals surface area (Å²) in [7, 11) is 0. The number of hydrogen-bond donors (Lipinski definition) is 2. The molecule has 4 aliphatic rings. The summed E-state index contributed by atoms with van der Waals surface area (Å²) in [5, 5.41) is 23.3. The zero-order valence-corrected chi connectivity index (χ0v) is 22.8. The molecule has 0 aliphatic carbocycles. The number of fused-ring (bicyclic) bond motifs is 4. The quantitative estimate of drug-likeness (QED) is 0.407. The van der Waals surface area contributed by atoms with E-state index in [1.807, 2.05) is 4.90 Å². The molecular formula is C30H30F4N6O2. The molecule has 3 aromatic rings. The van der Waals surface area contributed by atoms with Crippen LogP contribution in [0.2, 0.25) is 0 Å². The van der Waals surface area contributed by atoms with Crippen LogP contribution in [0.25, 0.3) is 22.0 Å². The van der Waals surface area contributed by atoms with E-state index in [1.165, 1.54) is 18.2 Å². The van der Waals surface area contributed by atoms with Gasteiger partial charge in [-0.05, 0) is 63.7 Å². The van der Waals surface area contributed by atoms with Crippen LogP contribution in [-0.4, -0.2) is 70.4 Å². The van der Waals surface area contributed by atoms with Crippen molar-refractivity contribution in [2.75, 3.05) is 37.7 Å². The second kappa shape index (κ2) is 9.95. The van der Waals surface area contributed by atoms with Crippen LogP contribution in [0.3, 0.4) is 0 Å². The van der Waals surface area contributed by atoms with E-state index in [-0.39, 0.29) is 45.9 Å². The minimum absolute atomic E-state index is 0.0718. The van der Waals surface area contributed by atoms with Crippen LogP contribution in [0, 0.1) is 17.1 Å². The minimum atomic E-state index is -4.97. The summed E-state index contributed by atoms with van der Waals surface area (Å²) in [5.41, 5.74) is -3.37. The summed E-state index contributed by atoms with van der Waals surface area (Å²) in [5.74, 6) is -1.58. The molecule has 0 spiro atoms. The normalized spacial score (nSPS) is 23.4. The number of hydrogen-bond acceptors (Lipinski definition) is 8. The van der Waals surface area contributed by atoms with Gasteiger partial charge < -0.3 is 20.1 Å². The number of nitrogens with zero attached hydrogens (tertiary/aromatic N) is 5. The number of alkyl halides is 3. The van der Waals surface area contributed by atoms with E-state index in [2.05, 4.69) is 20.2 Å². The average Bonchev–Trinajstić information content (AvgIpc) is 3.64. The topological polar surface area (TPSA) is 97.5 Å². The number of nitrogens with one attached hydrogen (secondary N) is 1. The summed E-state index contributed by atoms with van der Waals surface area (Å²) >= 11 is 0. The van der Waals surface area contributed by atoms with Gasteiger partial charge >= 0.3 is 12.2 Å². The van der Waals surface area contributed by atoms with Crippen molar-refractivity contribution < 1.29 is 27.4 Å². The maximum atomic E-state index is 16.6. The van der Waals surface area contributed by atoms with E-state index in [0.717, 1.165) is 57.7 Å². The van der Waals surface area contributed by atoms with E-state index in [1.54, 1.807) is 6.07 Å². The largest absolute Gasteiger partial charge is 0.507 e. The molecular weight excluding hydrogens is 552 g/mol. The van der Waals surface area contributed by atoms with Crippen LogP contribution >= 0.6 is 0 Å². The Bertz CT molecular complexity index is 1580. The SMILES string of the molecule is N#Cc1c(O)cccc1-c1c(C(F)(F)F)cc2c(N3CC4CCC(C3)N4)nc(OCC34CCCN3CCC4)nc2c1F. The molecule has 12 heteroatoms. The van der Waals surface area contributed by atoms with Gasteiger partial charge in [0.05, 0.1) is 11.1 Å². The number of phenolic OH excluding ortho intramolecular Hbond substituents is 1.